The molecule has 0 radical (unpaired) electrons. The van der Waals surface area contributed by atoms with Gasteiger partial charge < -0.3 is 9.80 Å². The number of hydrogen-bond acceptors (Lipinski definition) is 3. The smallest absolute Gasteiger partial charge is 0.264 e. The van der Waals surface area contributed by atoms with E-state index in [-0.39, 0.29) is 44.6 Å². The van der Waals surface area contributed by atoms with Crippen molar-refractivity contribution in [2.45, 2.75) is 181 Å². The van der Waals surface area contributed by atoms with Crippen LogP contribution in [0.25, 0.3) is 10.1 Å². The molecule has 2 aliphatic carbocycles. The van der Waals surface area contributed by atoms with Crippen molar-refractivity contribution in [2.75, 3.05) is 9.80 Å². The third-order valence-corrected chi connectivity index (χ3v) is 17.7. The third kappa shape index (κ3) is 6.60. The predicted molar refractivity (Wildman–Crippen MR) is 283 cm³/mol. The summed E-state index contributed by atoms with van der Waals surface area (Å²) in [5, 5.41) is 1.36. The minimum Gasteiger partial charge on any atom is -0.311 e. The number of hydrogen-bond donors (Lipinski definition) is 0. The van der Waals surface area contributed by atoms with Crippen molar-refractivity contribution in [2.24, 2.45) is 0 Å². The van der Waals surface area contributed by atoms with Gasteiger partial charge in [-0.25, -0.2) is 0 Å². The van der Waals surface area contributed by atoms with Crippen LogP contribution in [0, 0.1) is 0 Å². The fourth-order valence-electron chi connectivity index (χ4n) is 11.8. The quantitative estimate of drug-likeness (QED) is 0.160. The van der Waals surface area contributed by atoms with E-state index in [2.05, 4.69) is 212 Å². The maximum Gasteiger partial charge on any atom is 0.264 e. The Labute approximate surface area is 391 Å². The van der Waals surface area contributed by atoms with Crippen LogP contribution in [0.4, 0.5) is 34.1 Å². The van der Waals surface area contributed by atoms with Crippen molar-refractivity contribution >= 4 is 78.0 Å². The minimum atomic E-state index is -0.0884. The Morgan fingerprint density at radius 2 is 0.938 bits per heavy atom. The minimum absolute atomic E-state index is 0.0232. The maximum absolute atomic E-state index is 2.73. The Balaban J connectivity index is 1.36. The van der Waals surface area contributed by atoms with Crippen molar-refractivity contribution in [3.05, 3.63) is 124 Å². The Hall–Kier alpha value is -4.28. The largest absolute Gasteiger partial charge is 0.311 e. The van der Waals surface area contributed by atoms with E-state index in [1.54, 1.807) is 0 Å². The summed E-state index contributed by atoms with van der Waals surface area (Å²) in [6.45, 7) is 41.2. The normalized spacial score (nSPS) is 19.2. The maximum atomic E-state index is 2.73. The van der Waals surface area contributed by atoms with E-state index in [9.17, 15) is 0 Å². The summed E-state index contributed by atoms with van der Waals surface area (Å²) in [4.78, 5) is 5.41. The molecule has 332 valence electrons. The zero-order valence-electron chi connectivity index (χ0n) is 42.3. The first kappa shape index (κ1) is 43.6. The molecule has 10 rings (SSSR count). The second-order valence-electron chi connectivity index (χ2n) is 26.1. The number of fused-ring (bicyclic) bond motifs is 8. The molecule has 1 aromatic heterocycles. The lowest BCUT2D eigenvalue weighted by Crippen LogP contribution is -2.61. The summed E-state index contributed by atoms with van der Waals surface area (Å²) < 4.78 is 2.82. The molecule has 4 aliphatic rings. The summed E-state index contributed by atoms with van der Waals surface area (Å²) in [5.74, 6) is 0. The van der Waals surface area contributed by atoms with E-state index in [0.29, 0.717) is 0 Å². The zero-order chi connectivity index (χ0) is 46.1. The lowest BCUT2D eigenvalue weighted by atomic mass is 9.35. The molecule has 4 heteroatoms. The lowest BCUT2D eigenvalue weighted by molar-refractivity contribution is 0.332. The Morgan fingerprint density at radius 3 is 1.50 bits per heavy atom. The SMILES string of the molecule is CC(C)(C)c1ccc(N2c3cc(C(C)(C)C)cc4c3B(c3cc5c(cc3N4c3ccc4c(c3)C(C)(C)CCC4(C)C)C(C)(C)CCC5(C)C)c3sc4ccc(C(C)(C)C)cc4c32)cc1. The standard InChI is InChI=1S/C60H73BN2S/c1-54(2,3)36-18-21-39(22-19-36)63-49-32-38(56(7,8)9)31-48-51(49)61(53-52(63)41-30-37(55(4,5)6)20-25-50(41)64-53)46-34-44-45(60(16,17)29-28-59(44,14)15)35-47(46)62(48)40-23-24-42-43(33-40)58(12,13)27-26-57(42,10)11/h18-25,30-35H,26-29H2,1-17H3. The first-order chi connectivity index (χ1) is 29.6. The van der Waals surface area contributed by atoms with Gasteiger partial charge in [-0.3, -0.25) is 0 Å². The average molecular weight is 865 g/mol. The van der Waals surface area contributed by atoms with E-state index in [1.165, 1.54) is 125 Å². The van der Waals surface area contributed by atoms with Crippen LogP contribution in [-0.2, 0) is 37.9 Å². The van der Waals surface area contributed by atoms with Gasteiger partial charge in [0, 0.05) is 43.3 Å². The monoisotopic (exact) mass is 865 g/mol. The fraction of sp³-hybridized carbons (Fsp3) is 0.467. The molecule has 5 aromatic carbocycles. The molecule has 0 amide bonds. The van der Waals surface area contributed by atoms with Crippen LogP contribution >= 0.6 is 11.3 Å². The summed E-state index contributed by atoms with van der Waals surface area (Å²) in [6, 6.07) is 35.1. The zero-order valence-corrected chi connectivity index (χ0v) is 43.1. The Morgan fingerprint density at radius 1 is 0.453 bits per heavy atom. The second kappa shape index (κ2) is 13.7. The summed E-state index contributed by atoms with van der Waals surface area (Å²) >= 11 is 2.03. The highest BCUT2D eigenvalue weighted by molar-refractivity contribution is 7.33. The van der Waals surface area contributed by atoms with Gasteiger partial charge in [-0.15, -0.1) is 11.3 Å². The summed E-state index contributed by atoms with van der Waals surface area (Å²) in [5.41, 5.74) is 21.3. The van der Waals surface area contributed by atoms with Gasteiger partial charge >= 0.3 is 0 Å². The molecule has 0 unspecified atom stereocenters. The third-order valence-electron chi connectivity index (χ3n) is 16.5. The van der Waals surface area contributed by atoms with Crippen LogP contribution in [-0.4, -0.2) is 6.71 Å². The first-order valence-electron chi connectivity index (χ1n) is 24.4. The Kier molecular flexibility index (Phi) is 9.30. The lowest BCUT2D eigenvalue weighted by Gasteiger charge is -2.48. The van der Waals surface area contributed by atoms with Gasteiger partial charge in [-0.05, 0) is 168 Å². The highest BCUT2D eigenvalue weighted by Crippen LogP contribution is 2.54. The number of rotatable bonds is 2. The van der Waals surface area contributed by atoms with Crippen LogP contribution < -0.4 is 25.5 Å². The molecule has 6 aromatic rings. The Bertz CT molecular complexity index is 2900. The predicted octanol–water partition coefficient (Wildman–Crippen LogP) is 15.6. The van der Waals surface area contributed by atoms with Gasteiger partial charge in [-0.2, -0.15) is 0 Å². The molecular formula is C60H73BN2S. The number of nitrogens with zero attached hydrogens (tertiary/aromatic N) is 2. The molecule has 64 heavy (non-hydrogen) atoms. The topological polar surface area (TPSA) is 6.48 Å². The van der Waals surface area contributed by atoms with Crippen LogP contribution in [0.3, 0.4) is 0 Å². The van der Waals surface area contributed by atoms with Crippen molar-refractivity contribution in [3.63, 3.8) is 0 Å². The van der Waals surface area contributed by atoms with Gasteiger partial charge in [-0.1, -0.05) is 148 Å². The van der Waals surface area contributed by atoms with E-state index < -0.39 is 0 Å². The van der Waals surface area contributed by atoms with Crippen LogP contribution in [0.1, 0.15) is 182 Å². The van der Waals surface area contributed by atoms with Crippen molar-refractivity contribution in [1.82, 2.24) is 0 Å². The molecule has 0 saturated heterocycles. The van der Waals surface area contributed by atoms with Gasteiger partial charge in [0.1, 0.15) is 0 Å². The van der Waals surface area contributed by atoms with Gasteiger partial charge in [0.25, 0.3) is 6.71 Å². The van der Waals surface area contributed by atoms with Crippen molar-refractivity contribution in [3.8, 4) is 0 Å². The molecule has 0 spiro atoms. The number of anilines is 6. The van der Waals surface area contributed by atoms with E-state index in [1.807, 2.05) is 11.3 Å². The van der Waals surface area contributed by atoms with Crippen LogP contribution in [0.5, 0.6) is 0 Å². The number of benzene rings is 5. The molecule has 0 bridgehead atoms. The van der Waals surface area contributed by atoms with Gasteiger partial charge in [0.05, 0.1) is 5.69 Å². The molecular weight excluding hydrogens is 792 g/mol. The van der Waals surface area contributed by atoms with Gasteiger partial charge in [0.15, 0.2) is 0 Å². The first-order valence-corrected chi connectivity index (χ1v) is 25.2. The highest BCUT2D eigenvalue weighted by atomic mass is 32.1. The number of thiophene rings is 1. The highest BCUT2D eigenvalue weighted by Gasteiger charge is 2.49. The van der Waals surface area contributed by atoms with Crippen molar-refractivity contribution in [1.29, 1.82) is 0 Å². The van der Waals surface area contributed by atoms with Crippen molar-refractivity contribution < 1.29 is 0 Å². The molecule has 2 aliphatic heterocycles. The van der Waals surface area contributed by atoms with Crippen LogP contribution in [0.2, 0.25) is 0 Å². The fourth-order valence-corrected chi connectivity index (χ4v) is 13.1. The second-order valence-corrected chi connectivity index (χ2v) is 27.2. The molecule has 0 fully saturated rings. The molecule has 0 atom stereocenters. The summed E-state index contributed by atoms with van der Waals surface area (Å²) in [6.07, 6.45) is 4.77. The van der Waals surface area contributed by atoms with E-state index in [0.717, 1.165) is 0 Å². The average Bonchev–Trinajstić information content (AvgIpc) is 3.58. The summed E-state index contributed by atoms with van der Waals surface area (Å²) in [7, 11) is 0. The molecule has 0 saturated carbocycles. The molecule has 2 nitrogen and oxygen atoms in total. The van der Waals surface area contributed by atoms with Gasteiger partial charge in [0.2, 0.25) is 0 Å². The van der Waals surface area contributed by atoms with E-state index >= 15 is 0 Å². The molecule has 3 heterocycles. The molecule has 0 N–H and O–H groups in total. The van der Waals surface area contributed by atoms with Crippen LogP contribution in [0.15, 0.2) is 84.9 Å². The van der Waals surface area contributed by atoms with E-state index in [4.69, 9.17) is 0 Å².